The van der Waals surface area contributed by atoms with Crippen LogP contribution in [0.2, 0.25) is 0 Å². The van der Waals surface area contributed by atoms with Crippen LogP contribution in [0.15, 0.2) is 53.8 Å². The minimum absolute atomic E-state index is 0.0435. The number of amides is 2. The fourth-order valence-corrected chi connectivity index (χ4v) is 4.80. The number of imide groups is 1. The Bertz CT molecular complexity index is 1330. The minimum Gasteiger partial charge on any atom is -0.344 e. The third-order valence-corrected chi connectivity index (χ3v) is 6.99. The number of carbonyl (C=O) groups is 2. The Labute approximate surface area is 224 Å². The molecular weight excluding hydrogens is 510 g/mol. The summed E-state index contributed by atoms with van der Waals surface area (Å²) in [6.07, 6.45) is 8.96. The van der Waals surface area contributed by atoms with Crippen molar-refractivity contribution in [2.45, 2.75) is 38.8 Å². The molecule has 3 aromatic rings. The largest absolute Gasteiger partial charge is 0.344 e. The van der Waals surface area contributed by atoms with E-state index in [2.05, 4.69) is 32.5 Å². The molecule has 38 heavy (non-hydrogen) atoms. The molecule has 1 unspecified atom stereocenters. The van der Waals surface area contributed by atoms with Crippen LogP contribution in [0.4, 0.5) is 19.5 Å². The van der Waals surface area contributed by atoms with E-state index in [0.29, 0.717) is 35.2 Å². The molecule has 8 nitrogen and oxygen atoms in total. The van der Waals surface area contributed by atoms with Crippen LogP contribution < -0.4 is 15.5 Å². The molecule has 0 aliphatic carbocycles. The molecule has 1 aromatic carbocycles. The monoisotopic (exact) mass is 538 g/mol. The predicted octanol–water partition coefficient (Wildman–Crippen LogP) is 4.93. The van der Waals surface area contributed by atoms with E-state index in [-0.39, 0.29) is 11.6 Å². The summed E-state index contributed by atoms with van der Waals surface area (Å²) in [5, 5.41) is 5.32. The molecule has 2 N–H and O–H groups in total. The molecule has 1 aliphatic heterocycles. The lowest BCUT2D eigenvalue weighted by molar-refractivity contribution is -0.115. The number of nitrogens with one attached hydrogen (secondary N) is 2. The Morgan fingerprint density at radius 1 is 1.16 bits per heavy atom. The second-order valence-corrected chi connectivity index (χ2v) is 9.83. The van der Waals surface area contributed by atoms with Gasteiger partial charge in [-0.05, 0) is 72.5 Å². The lowest BCUT2D eigenvalue weighted by Gasteiger charge is -2.21. The van der Waals surface area contributed by atoms with E-state index in [1.165, 1.54) is 24.4 Å². The molecule has 1 saturated heterocycles. The van der Waals surface area contributed by atoms with Gasteiger partial charge in [-0.1, -0.05) is 13.0 Å². The molecule has 1 atom stereocenters. The molecular formula is C27H28F2N6O2S. The van der Waals surface area contributed by atoms with Crippen molar-refractivity contribution >= 4 is 34.9 Å². The molecule has 198 valence electrons. The maximum absolute atomic E-state index is 14.4. The standard InChI is InChI=1S/C27H28F2N6O2S/c1-3-18(32-16-17-15-30-11-10-20(17)24-21(28)7-4-8-22(24)29)6-5-13-35(2)26-31-12-9-19(33-26)14-23-25(36)34-27(37)38-23/h4,7-12,14-15,18,32H,3,5-6,13,16H2,1-2H3,(H,34,36,37). The maximum atomic E-state index is 14.4. The van der Waals surface area contributed by atoms with Crippen LogP contribution >= 0.6 is 11.8 Å². The Kier molecular flexibility index (Phi) is 9.14. The summed E-state index contributed by atoms with van der Waals surface area (Å²) in [4.78, 5) is 38.4. The lowest BCUT2D eigenvalue weighted by Crippen LogP contribution is -2.30. The first-order valence-corrected chi connectivity index (χ1v) is 13.1. The fourth-order valence-electron chi connectivity index (χ4n) is 4.13. The molecule has 4 rings (SSSR count). The van der Waals surface area contributed by atoms with Crippen LogP contribution in [0.3, 0.4) is 0 Å². The van der Waals surface area contributed by atoms with Gasteiger partial charge < -0.3 is 10.2 Å². The highest BCUT2D eigenvalue weighted by molar-refractivity contribution is 8.18. The minimum atomic E-state index is -0.603. The van der Waals surface area contributed by atoms with Crippen molar-refractivity contribution in [3.05, 3.63) is 76.7 Å². The highest BCUT2D eigenvalue weighted by Crippen LogP contribution is 2.29. The van der Waals surface area contributed by atoms with Gasteiger partial charge in [0.25, 0.3) is 11.1 Å². The summed E-state index contributed by atoms with van der Waals surface area (Å²) in [5.41, 5.74) is 1.71. The van der Waals surface area contributed by atoms with Gasteiger partial charge >= 0.3 is 0 Å². The number of anilines is 1. The number of nitrogens with zero attached hydrogens (tertiary/aromatic N) is 4. The molecule has 0 radical (unpaired) electrons. The Morgan fingerprint density at radius 3 is 2.66 bits per heavy atom. The smallest absolute Gasteiger partial charge is 0.290 e. The summed E-state index contributed by atoms with van der Waals surface area (Å²) in [7, 11) is 1.89. The third kappa shape index (κ3) is 6.78. The number of carbonyl (C=O) groups excluding carboxylic acids is 2. The zero-order valence-electron chi connectivity index (χ0n) is 21.1. The van der Waals surface area contributed by atoms with Gasteiger partial charge in [0.15, 0.2) is 0 Å². The molecule has 0 saturated carbocycles. The number of rotatable bonds is 11. The van der Waals surface area contributed by atoms with E-state index < -0.39 is 22.8 Å². The van der Waals surface area contributed by atoms with Gasteiger partial charge in [0.2, 0.25) is 5.95 Å². The van der Waals surface area contributed by atoms with E-state index in [1.54, 1.807) is 30.6 Å². The van der Waals surface area contributed by atoms with Crippen LogP contribution in [0.1, 0.15) is 37.4 Å². The Morgan fingerprint density at radius 2 is 1.95 bits per heavy atom. The summed E-state index contributed by atoms with van der Waals surface area (Å²) in [6, 6.07) is 7.36. The van der Waals surface area contributed by atoms with Crippen molar-refractivity contribution in [3.8, 4) is 11.1 Å². The highest BCUT2D eigenvalue weighted by atomic mass is 32.2. The van der Waals surface area contributed by atoms with Crippen molar-refractivity contribution in [2.75, 3.05) is 18.5 Å². The third-order valence-electron chi connectivity index (χ3n) is 6.18. The van der Waals surface area contributed by atoms with E-state index in [0.717, 1.165) is 36.6 Å². The van der Waals surface area contributed by atoms with Gasteiger partial charge in [0, 0.05) is 44.8 Å². The first-order valence-electron chi connectivity index (χ1n) is 12.3. The van der Waals surface area contributed by atoms with Gasteiger partial charge in [-0.2, -0.15) is 0 Å². The summed E-state index contributed by atoms with van der Waals surface area (Å²) in [5.74, 6) is -1.12. The zero-order valence-corrected chi connectivity index (χ0v) is 21.9. The number of hydrogen-bond acceptors (Lipinski definition) is 8. The fraction of sp³-hybridized carbons (Fsp3) is 0.296. The molecule has 0 spiro atoms. The highest BCUT2D eigenvalue weighted by Gasteiger charge is 2.25. The maximum Gasteiger partial charge on any atom is 0.290 e. The van der Waals surface area contributed by atoms with Gasteiger partial charge in [0.05, 0.1) is 16.2 Å². The lowest BCUT2D eigenvalue weighted by atomic mass is 10.00. The van der Waals surface area contributed by atoms with Crippen LogP contribution in [0.25, 0.3) is 17.2 Å². The van der Waals surface area contributed by atoms with Crippen molar-refractivity contribution in [2.24, 2.45) is 0 Å². The molecule has 3 heterocycles. The Hall–Kier alpha value is -3.70. The van der Waals surface area contributed by atoms with Gasteiger partial charge in [-0.25, -0.2) is 18.7 Å². The van der Waals surface area contributed by atoms with Crippen LogP contribution in [-0.4, -0.2) is 45.7 Å². The van der Waals surface area contributed by atoms with E-state index in [9.17, 15) is 18.4 Å². The quantitative estimate of drug-likeness (QED) is 0.332. The topological polar surface area (TPSA) is 100 Å². The molecule has 2 amide bonds. The first kappa shape index (κ1) is 27.3. The van der Waals surface area contributed by atoms with Crippen molar-refractivity contribution in [3.63, 3.8) is 0 Å². The second-order valence-electron chi connectivity index (χ2n) is 8.81. The molecule has 1 aliphatic rings. The summed E-state index contributed by atoms with van der Waals surface area (Å²) < 4.78 is 28.8. The van der Waals surface area contributed by atoms with E-state index in [4.69, 9.17) is 0 Å². The summed E-state index contributed by atoms with van der Waals surface area (Å²) >= 11 is 0.846. The van der Waals surface area contributed by atoms with Crippen molar-refractivity contribution in [1.82, 2.24) is 25.6 Å². The number of thioether (sulfide) groups is 1. The molecule has 11 heteroatoms. The summed E-state index contributed by atoms with van der Waals surface area (Å²) in [6.45, 7) is 3.22. The molecule has 0 bridgehead atoms. The van der Waals surface area contributed by atoms with E-state index >= 15 is 0 Å². The predicted molar refractivity (Wildman–Crippen MR) is 144 cm³/mol. The number of benzene rings is 1. The second kappa shape index (κ2) is 12.7. The first-order chi connectivity index (χ1) is 18.4. The van der Waals surface area contributed by atoms with Crippen LogP contribution in [0, 0.1) is 11.6 Å². The van der Waals surface area contributed by atoms with Crippen LogP contribution in [0.5, 0.6) is 0 Å². The van der Waals surface area contributed by atoms with Gasteiger partial charge in [-0.15, -0.1) is 0 Å². The number of aromatic nitrogens is 3. The molecule has 1 fully saturated rings. The SMILES string of the molecule is CCC(CCCN(C)c1nccc(C=C2SC(=O)NC2=O)n1)NCc1cnccc1-c1c(F)cccc1F. The van der Waals surface area contributed by atoms with E-state index in [1.807, 2.05) is 11.9 Å². The Balaban J connectivity index is 1.33. The number of hydrogen-bond donors (Lipinski definition) is 2. The normalized spacial score (nSPS) is 15.1. The number of halogens is 2. The average molecular weight is 539 g/mol. The van der Waals surface area contributed by atoms with Crippen LogP contribution in [-0.2, 0) is 11.3 Å². The molecule has 2 aromatic heterocycles. The van der Waals surface area contributed by atoms with Gasteiger partial charge in [-0.3, -0.25) is 19.9 Å². The zero-order chi connectivity index (χ0) is 27.1. The van der Waals surface area contributed by atoms with Gasteiger partial charge in [0.1, 0.15) is 11.6 Å². The van der Waals surface area contributed by atoms with Crippen molar-refractivity contribution in [1.29, 1.82) is 0 Å². The average Bonchev–Trinajstić information content (AvgIpc) is 3.22. The van der Waals surface area contributed by atoms with Crippen molar-refractivity contribution < 1.29 is 18.4 Å². The number of pyridine rings is 1.